The Kier molecular flexibility index (Phi) is 4.51. The summed E-state index contributed by atoms with van der Waals surface area (Å²) < 4.78 is 0. The first kappa shape index (κ1) is 15.1. The maximum absolute atomic E-state index is 10.2. The van der Waals surface area contributed by atoms with Crippen LogP contribution in [0.2, 0.25) is 0 Å². The molecule has 0 spiro atoms. The van der Waals surface area contributed by atoms with E-state index in [-0.39, 0.29) is 17.6 Å². The number of hydrogen-bond acceptors (Lipinski definition) is 6. The van der Waals surface area contributed by atoms with Crippen LogP contribution in [-0.4, -0.2) is 33.5 Å². The summed E-state index contributed by atoms with van der Waals surface area (Å²) in [5, 5.41) is 23.3. The standard InChI is InChI=1S/C14H20N4OS/c1-14(2)10(5-4-6-11(14)19)17-12-9(7-15)8-16-13(18-12)20-3/h8,10-11,19H,4-6H2,1-3H3,(H,16,17,18). The number of nitrogens with zero attached hydrogens (tertiary/aromatic N) is 3. The monoisotopic (exact) mass is 292 g/mol. The van der Waals surface area contributed by atoms with Crippen molar-refractivity contribution in [3.05, 3.63) is 11.8 Å². The highest BCUT2D eigenvalue weighted by Crippen LogP contribution is 2.37. The second-order valence-electron chi connectivity index (χ2n) is 5.70. The molecule has 2 N–H and O–H groups in total. The van der Waals surface area contributed by atoms with Gasteiger partial charge in [-0.2, -0.15) is 5.26 Å². The van der Waals surface area contributed by atoms with E-state index in [0.717, 1.165) is 19.3 Å². The fourth-order valence-electron chi connectivity index (χ4n) is 2.57. The normalized spacial score (nSPS) is 24.9. The molecule has 0 aliphatic heterocycles. The van der Waals surface area contributed by atoms with Gasteiger partial charge in [0.2, 0.25) is 0 Å². The van der Waals surface area contributed by atoms with Crippen molar-refractivity contribution in [3.8, 4) is 6.07 Å². The number of anilines is 1. The molecule has 6 heteroatoms. The van der Waals surface area contributed by atoms with E-state index in [4.69, 9.17) is 5.26 Å². The van der Waals surface area contributed by atoms with Gasteiger partial charge in [-0.1, -0.05) is 25.6 Å². The first-order valence-corrected chi connectivity index (χ1v) is 7.97. The highest BCUT2D eigenvalue weighted by atomic mass is 32.2. The quantitative estimate of drug-likeness (QED) is 0.657. The second kappa shape index (κ2) is 5.98. The van der Waals surface area contributed by atoms with Gasteiger partial charge in [0.15, 0.2) is 5.16 Å². The predicted molar refractivity (Wildman–Crippen MR) is 79.6 cm³/mol. The minimum atomic E-state index is -0.332. The minimum Gasteiger partial charge on any atom is -0.392 e. The Morgan fingerprint density at radius 2 is 2.25 bits per heavy atom. The number of nitrogens with one attached hydrogen (secondary N) is 1. The Morgan fingerprint density at radius 1 is 1.50 bits per heavy atom. The summed E-state index contributed by atoms with van der Waals surface area (Å²) in [5.41, 5.74) is 0.203. The van der Waals surface area contributed by atoms with Crippen LogP contribution in [0.15, 0.2) is 11.4 Å². The summed E-state index contributed by atoms with van der Waals surface area (Å²) in [6.07, 6.45) is 5.89. The number of aliphatic hydroxyl groups excluding tert-OH is 1. The predicted octanol–water partition coefficient (Wildman–Crippen LogP) is 2.42. The van der Waals surface area contributed by atoms with Crippen LogP contribution in [0.25, 0.3) is 0 Å². The van der Waals surface area contributed by atoms with E-state index in [1.54, 1.807) is 6.20 Å². The van der Waals surface area contributed by atoms with Gasteiger partial charge in [-0.3, -0.25) is 0 Å². The molecule has 2 atom stereocenters. The third kappa shape index (κ3) is 2.89. The molecule has 1 aromatic heterocycles. The second-order valence-corrected chi connectivity index (χ2v) is 6.47. The highest BCUT2D eigenvalue weighted by molar-refractivity contribution is 7.98. The van der Waals surface area contributed by atoms with Crippen molar-refractivity contribution >= 4 is 17.6 Å². The zero-order chi connectivity index (χ0) is 14.8. The SMILES string of the molecule is CSc1ncc(C#N)c(NC2CCCC(O)C2(C)C)n1. The molecule has 0 radical (unpaired) electrons. The molecule has 20 heavy (non-hydrogen) atoms. The fourth-order valence-corrected chi connectivity index (χ4v) is 2.91. The largest absolute Gasteiger partial charge is 0.392 e. The molecule has 1 aliphatic rings. The van der Waals surface area contributed by atoms with Gasteiger partial charge in [0.05, 0.1) is 12.3 Å². The average molecular weight is 292 g/mol. The number of aromatic nitrogens is 2. The fraction of sp³-hybridized carbons (Fsp3) is 0.643. The Morgan fingerprint density at radius 3 is 2.90 bits per heavy atom. The first-order chi connectivity index (χ1) is 9.48. The third-order valence-corrected chi connectivity index (χ3v) is 4.67. The zero-order valence-corrected chi connectivity index (χ0v) is 12.9. The van der Waals surface area contributed by atoms with Crippen molar-refractivity contribution in [2.75, 3.05) is 11.6 Å². The molecule has 2 unspecified atom stereocenters. The molecule has 1 saturated carbocycles. The van der Waals surface area contributed by atoms with Gasteiger partial charge in [0, 0.05) is 11.5 Å². The topological polar surface area (TPSA) is 81.8 Å². The van der Waals surface area contributed by atoms with E-state index in [0.29, 0.717) is 16.5 Å². The van der Waals surface area contributed by atoms with Crippen LogP contribution in [0.1, 0.15) is 38.7 Å². The average Bonchev–Trinajstić information content (AvgIpc) is 2.44. The smallest absolute Gasteiger partial charge is 0.189 e. The number of thioether (sulfide) groups is 1. The lowest BCUT2D eigenvalue weighted by molar-refractivity contribution is 0.00451. The molecule has 1 aromatic rings. The van der Waals surface area contributed by atoms with Gasteiger partial charge in [-0.05, 0) is 25.5 Å². The third-order valence-electron chi connectivity index (χ3n) is 4.11. The molecule has 1 fully saturated rings. The molecule has 2 rings (SSSR count). The van der Waals surface area contributed by atoms with E-state index in [1.165, 1.54) is 11.8 Å². The molecule has 0 bridgehead atoms. The summed E-state index contributed by atoms with van der Waals surface area (Å²) in [7, 11) is 0. The number of rotatable bonds is 3. The lowest BCUT2D eigenvalue weighted by atomic mass is 9.71. The summed E-state index contributed by atoms with van der Waals surface area (Å²) in [5.74, 6) is 0.569. The maximum atomic E-state index is 10.2. The van der Waals surface area contributed by atoms with Crippen molar-refractivity contribution in [1.29, 1.82) is 5.26 Å². The molecule has 108 valence electrons. The number of aliphatic hydroxyl groups is 1. The van der Waals surface area contributed by atoms with E-state index >= 15 is 0 Å². The molecule has 0 saturated heterocycles. The summed E-state index contributed by atoms with van der Waals surface area (Å²) in [6.45, 7) is 4.11. The van der Waals surface area contributed by atoms with Crippen LogP contribution in [0, 0.1) is 16.7 Å². The lowest BCUT2D eigenvalue weighted by Gasteiger charge is -2.43. The number of nitriles is 1. The van der Waals surface area contributed by atoms with E-state index < -0.39 is 0 Å². The summed E-state index contributed by atoms with van der Waals surface area (Å²) in [4.78, 5) is 8.50. The molecular formula is C14H20N4OS. The zero-order valence-electron chi connectivity index (χ0n) is 12.1. The molecule has 0 amide bonds. The van der Waals surface area contributed by atoms with Gasteiger partial charge in [0.1, 0.15) is 17.5 Å². The lowest BCUT2D eigenvalue weighted by Crippen LogP contribution is -2.48. The van der Waals surface area contributed by atoms with Gasteiger partial charge >= 0.3 is 0 Å². The van der Waals surface area contributed by atoms with Crippen molar-refractivity contribution < 1.29 is 5.11 Å². The molecule has 1 heterocycles. The van der Waals surface area contributed by atoms with Gasteiger partial charge in [-0.25, -0.2) is 9.97 Å². The van der Waals surface area contributed by atoms with Crippen LogP contribution in [0.3, 0.4) is 0 Å². The summed E-state index contributed by atoms with van der Waals surface area (Å²) >= 11 is 1.44. The molecular weight excluding hydrogens is 272 g/mol. The van der Waals surface area contributed by atoms with Gasteiger partial charge in [0.25, 0.3) is 0 Å². The van der Waals surface area contributed by atoms with Crippen molar-refractivity contribution in [2.24, 2.45) is 5.41 Å². The Bertz CT molecular complexity index is 526. The van der Waals surface area contributed by atoms with Crippen molar-refractivity contribution in [3.63, 3.8) is 0 Å². The highest BCUT2D eigenvalue weighted by Gasteiger charge is 2.39. The van der Waals surface area contributed by atoms with Crippen molar-refractivity contribution in [1.82, 2.24) is 9.97 Å². The van der Waals surface area contributed by atoms with Crippen LogP contribution in [-0.2, 0) is 0 Å². The molecule has 0 aromatic carbocycles. The summed E-state index contributed by atoms with van der Waals surface area (Å²) in [6, 6.07) is 2.22. The minimum absolute atomic E-state index is 0.1000. The Hall–Kier alpha value is -1.32. The van der Waals surface area contributed by atoms with Crippen molar-refractivity contribution in [2.45, 2.75) is 50.4 Å². The van der Waals surface area contributed by atoms with Gasteiger partial charge < -0.3 is 10.4 Å². The maximum Gasteiger partial charge on any atom is 0.189 e. The van der Waals surface area contributed by atoms with E-state index in [9.17, 15) is 5.11 Å². The van der Waals surface area contributed by atoms with Gasteiger partial charge in [-0.15, -0.1) is 0 Å². The Labute approximate surface area is 123 Å². The first-order valence-electron chi connectivity index (χ1n) is 6.74. The van der Waals surface area contributed by atoms with Crippen LogP contribution in [0.5, 0.6) is 0 Å². The van der Waals surface area contributed by atoms with Crippen LogP contribution in [0.4, 0.5) is 5.82 Å². The Balaban J connectivity index is 2.27. The molecule has 5 nitrogen and oxygen atoms in total. The van der Waals surface area contributed by atoms with E-state index in [1.807, 2.05) is 6.26 Å². The van der Waals surface area contributed by atoms with Crippen LogP contribution < -0.4 is 5.32 Å². The van der Waals surface area contributed by atoms with E-state index in [2.05, 4.69) is 35.2 Å². The van der Waals surface area contributed by atoms with Crippen LogP contribution >= 0.6 is 11.8 Å². The molecule has 1 aliphatic carbocycles. The number of hydrogen-bond donors (Lipinski definition) is 2.